The summed E-state index contributed by atoms with van der Waals surface area (Å²) in [5.41, 5.74) is 1.70. The van der Waals surface area contributed by atoms with Gasteiger partial charge in [-0.1, -0.05) is 54.6 Å². The van der Waals surface area contributed by atoms with E-state index in [1.165, 1.54) is 0 Å². The molecular weight excluding hydrogens is 498 g/mol. The van der Waals surface area contributed by atoms with Gasteiger partial charge in [0.15, 0.2) is 0 Å². The molecule has 2 bridgehead atoms. The van der Waals surface area contributed by atoms with E-state index >= 15 is 0 Å². The highest BCUT2D eigenvalue weighted by Crippen LogP contribution is 2.47. The van der Waals surface area contributed by atoms with Crippen LogP contribution in [0.25, 0.3) is 11.1 Å². The second kappa shape index (κ2) is 9.12. The van der Waals surface area contributed by atoms with E-state index in [9.17, 15) is 27.5 Å². The number of benzene rings is 3. The number of carbonyl (C=O) groups excluding carboxylic acids is 1. The Balaban J connectivity index is 1.20. The van der Waals surface area contributed by atoms with E-state index in [1.54, 1.807) is 4.90 Å². The van der Waals surface area contributed by atoms with Crippen LogP contribution in [0.1, 0.15) is 60.3 Å². The molecule has 0 aromatic heterocycles. The van der Waals surface area contributed by atoms with Crippen LogP contribution in [0.4, 0.5) is 22.4 Å². The lowest BCUT2D eigenvalue weighted by Crippen LogP contribution is -2.59. The largest absolute Gasteiger partial charge is 0.448 e. The minimum atomic E-state index is -4.81. The SMILES string of the molecule is O=C(OCC1c2ccccc2-c2ccccc21)N1C2CCCC1CC(O)(c1ccc(C(F)(F)F)c(F)c1)C2. The number of carbonyl (C=O) groups is 1. The summed E-state index contributed by atoms with van der Waals surface area (Å²) in [5.74, 6) is -1.49. The summed E-state index contributed by atoms with van der Waals surface area (Å²) in [6.07, 6.45) is -2.92. The summed E-state index contributed by atoms with van der Waals surface area (Å²) in [5, 5.41) is 11.5. The maximum atomic E-state index is 14.3. The van der Waals surface area contributed by atoms with Crippen LogP contribution in [0.3, 0.4) is 0 Å². The molecule has 6 rings (SSSR count). The molecule has 1 amide bonds. The molecule has 38 heavy (non-hydrogen) atoms. The molecule has 2 unspecified atom stereocenters. The Morgan fingerprint density at radius 2 is 1.53 bits per heavy atom. The number of hydrogen-bond acceptors (Lipinski definition) is 3. The van der Waals surface area contributed by atoms with Crippen molar-refractivity contribution in [2.45, 2.75) is 61.9 Å². The molecule has 2 atom stereocenters. The molecule has 2 heterocycles. The van der Waals surface area contributed by atoms with Crippen molar-refractivity contribution in [2.24, 2.45) is 0 Å². The number of amides is 1. The third-order valence-corrected chi connectivity index (χ3v) is 8.37. The lowest BCUT2D eigenvalue weighted by molar-refractivity contribution is -0.140. The van der Waals surface area contributed by atoms with Gasteiger partial charge in [0.25, 0.3) is 0 Å². The number of alkyl halides is 3. The maximum Gasteiger partial charge on any atom is 0.419 e. The number of fused-ring (bicyclic) bond motifs is 5. The van der Waals surface area contributed by atoms with E-state index in [1.807, 2.05) is 36.4 Å². The Kier molecular flexibility index (Phi) is 5.98. The van der Waals surface area contributed by atoms with Crippen molar-refractivity contribution in [3.8, 4) is 11.1 Å². The fourth-order valence-electron chi connectivity index (χ4n) is 6.67. The number of rotatable bonds is 3. The van der Waals surface area contributed by atoms with Crippen molar-refractivity contribution in [1.29, 1.82) is 0 Å². The second-order valence-corrected chi connectivity index (χ2v) is 10.6. The van der Waals surface area contributed by atoms with Gasteiger partial charge in [0.05, 0.1) is 11.2 Å². The van der Waals surface area contributed by atoms with Crippen molar-refractivity contribution in [2.75, 3.05) is 6.61 Å². The Labute approximate surface area is 217 Å². The number of nitrogens with zero attached hydrogens (tertiary/aromatic N) is 1. The van der Waals surface area contributed by atoms with Crippen LogP contribution in [0.2, 0.25) is 0 Å². The zero-order chi connectivity index (χ0) is 26.7. The Morgan fingerprint density at radius 3 is 2.08 bits per heavy atom. The molecule has 1 aliphatic carbocycles. The van der Waals surface area contributed by atoms with E-state index in [2.05, 4.69) is 12.1 Å². The first-order valence-electron chi connectivity index (χ1n) is 12.9. The van der Waals surface area contributed by atoms with E-state index in [-0.39, 0.29) is 43.0 Å². The van der Waals surface area contributed by atoms with Gasteiger partial charge in [-0.2, -0.15) is 13.2 Å². The second-order valence-electron chi connectivity index (χ2n) is 10.6. The highest BCUT2D eigenvalue weighted by Gasteiger charge is 2.49. The van der Waals surface area contributed by atoms with Gasteiger partial charge in [-0.3, -0.25) is 0 Å². The Bertz CT molecular complexity index is 1330. The summed E-state index contributed by atoms with van der Waals surface area (Å²) in [6, 6.07) is 18.0. The highest BCUT2D eigenvalue weighted by atomic mass is 19.4. The van der Waals surface area contributed by atoms with Crippen LogP contribution in [0, 0.1) is 5.82 Å². The molecular formula is C30H27F4NO3. The first-order valence-corrected chi connectivity index (χ1v) is 12.9. The molecule has 8 heteroatoms. The first-order chi connectivity index (χ1) is 18.2. The molecule has 1 N–H and O–H groups in total. The van der Waals surface area contributed by atoms with E-state index in [0.717, 1.165) is 40.8 Å². The van der Waals surface area contributed by atoms with Crippen LogP contribution in [-0.2, 0) is 16.5 Å². The van der Waals surface area contributed by atoms with Crippen LogP contribution in [-0.4, -0.2) is 34.8 Å². The molecule has 3 aromatic carbocycles. The van der Waals surface area contributed by atoms with Crippen molar-refractivity contribution in [3.05, 3.63) is 94.8 Å². The summed E-state index contributed by atoms with van der Waals surface area (Å²) < 4.78 is 59.3. The summed E-state index contributed by atoms with van der Waals surface area (Å²) in [6.45, 7) is 0.178. The fourth-order valence-corrected chi connectivity index (χ4v) is 6.67. The summed E-state index contributed by atoms with van der Waals surface area (Å²) in [4.78, 5) is 15.1. The van der Waals surface area contributed by atoms with Crippen LogP contribution >= 0.6 is 0 Å². The van der Waals surface area contributed by atoms with Crippen LogP contribution in [0.15, 0.2) is 66.7 Å². The van der Waals surface area contributed by atoms with Crippen molar-refractivity contribution >= 4 is 6.09 Å². The first kappa shape index (κ1) is 24.9. The van der Waals surface area contributed by atoms with Gasteiger partial charge in [-0.15, -0.1) is 0 Å². The Morgan fingerprint density at radius 1 is 0.947 bits per heavy atom. The van der Waals surface area contributed by atoms with Crippen LogP contribution in [0.5, 0.6) is 0 Å². The molecule has 4 nitrogen and oxygen atoms in total. The quantitative estimate of drug-likeness (QED) is 0.375. The van der Waals surface area contributed by atoms with E-state index < -0.39 is 29.3 Å². The smallest absolute Gasteiger partial charge is 0.419 e. The molecule has 0 spiro atoms. The fraction of sp³-hybridized carbons (Fsp3) is 0.367. The molecule has 2 fully saturated rings. The van der Waals surface area contributed by atoms with Gasteiger partial charge in [0, 0.05) is 30.8 Å². The summed E-state index contributed by atoms with van der Waals surface area (Å²) in [7, 11) is 0. The Hall–Kier alpha value is -3.39. The van der Waals surface area contributed by atoms with Crippen LogP contribution < -0.4 is 0 Å². The van der Waals surface area contributed by atoms with Crippen molar-refractivity contribution in [1.82, 2.24) is 4.90 Å². The zero-order valence-corrected chi connectivity index (χ0v) is 20.5. The third-order valence-electron chi connectivity index (χ3n) is 8.37. The van der Waals surface area contributed by atoms with Gasteiger partial charge in [-0.05, 0) is 59.2 Å². The minimum Gasteiger partial charge on any atom is -0.448 e. The normalized spacial score (nSPS) is 24.6. The monoisotopic (exact) mass is 525 g/mol. The maximum absolute atomic E-state index is 14.3. The van der Waals surface area contributed by atoms with E-state index in [4.69, 9.17) is 4.74 Å². The average Bonchev–Trinajstić information content (AvgIpc) is 3.19. The number of ether oxygens (including phenoxy) is 1. The number of aliphatic hydroxyl groups is 1. The molecule has 0 radical (unpaired) electrons. The van der Waals surface area contributed by atoms with Crippen molar-refractivity contribution < 1.29 is 32.2 Å². The van der Waals surface area contributed by atoms with Gasteiger partial charge in [0.1, 0.15) is 12.4 Å². The predicted molar refractivity (Wildman–Crippen MR) is 133 cm³/mol. The molecule has 2 saturated heterocycles. The van der Waals surface area contributed by atoms with Gasteiger partial charge < -0.3 is 14.7 Å². The predicted octanol–water partition coefficient (Wildman–Crippen LogP) is 7.00. The highest BCUT2D eigenvalue weighted by molar-refractivity contribution is 5.79. The third kappa shape index (κ3) is 4.15. The summed E-state index contributed by atoms with van der Waals surface area (Å²) >= 11 is 0. The van der Waals surface area contributed by atoms with Crippen molar-refractivity contribution in [3.63, 3.8) is 0 Å². The lowest BCUT2D eigenvalue weighted by atomic mass is 9.72. The van der Waals surface area contributed by atoms with Gasteiger partial charge in [0.2, 0.25) is 0 Å². The number of piperidine rings is 2. The average molecular weight is 526 g/mol. The van der Waals surface area contributed by atoms with Gasteiger partial charge >= 0.3 is 12.3 Å². The number of halogens is 4. The van der Waals surface area contributed by atoms with E-state index in [0.29, 0.717) is 18.9 Å². The standard InChI is InChI=1S/C30H27F4NO3/c31-27-14-18(12-13-26(27)30(32,33)34)29(37)15-19-6-5-7-20(16-29)35(19)28(36)38-17-25-23-10-3-1-8-21(23)22-9-2-4-11-24(22)25/h1-4,8-14,19-20,25,37H,5-7,15-17H2. The van der Waals surface area contributed by atoms with Gasteiger partial charge in [-0.25, -0.2) is 9.18 Å². The number of hydrogen-bond donors (Lipinski definition) is 1. The minimum absolute atomic E-state index is 0.0805. The molecule has 3 aliphatic rings. The lowest BCUT2D eigenvalue weighted by Gasteiger charge is -2.51. The topological polar surface area (TPSA) is 49.8 Å². The molecule has 0 saturated carbocycles. The molecule has 3 aromatic rings. The molecule has 198 valence electrons. The zero-order valence-electron chi connectivity index (χ0n) is 20.5. The molecule has 2 aliphatic heterocycles.